The van der Waals surface area contributed by atoms with Crippen molar-refractivity contribution in [3.05, 3.63) is 34.9 Å². The predicted molar refractivity (Wildman–Crippen MR) is 70.1 cm³/mol. The van der Waals surface area contributed by atoms with Crippen molar-refractivity contribution in [3.8, 4) is 0 Å². The first-order valence-electron chi connectivity index (χ1n) is 6.27. The summed E-state index contributed by atoms with van der Waals surface area (Å²) in [6.45, 7) is 4.56. The van der Waals surface area contributed by atoms with E-state index in [9.17, 15) is 0 Å². The Morgan fingerprint density at radius 3 is 3.06 bits per heavy atom. The van der Waals surface area contributed by atoms with Gasteiger partial charge in [-0.05, 0) is 55.5 Å². The molecule has 1 aromatic carbocycles. The minimum absolute atomic E-state index is 0.694. The Kier molecular flexibility index (Phi) is 4.25. The highest BCUT2D eigenvalue weighted by Gasteiger charge is 2.25. The lowest BCUT2D eigenvalue weighted by Gasteiger charge is -2.32. The van der Waals surface area contributed by atoms with Gasteiger partial charge in [0.1, 0.15) is 0 Å². The number of rotatable bonds is 3. The molecule has 1 aliphatic heterocycles. The first-order chi connectivity index (χ1) is 7.81. The van der Waals surface area contributed by atoms with Gasteiger partial charge in [0.2, 0.25) is 0 Å². The fraction of sp³-hybridized carbons (Fsp3) is 0.571. The zero-order valence-electron chi connectivity index (χ0n) is 9.88. The number of hydrogen-bond donors (Lipinski definition) is 1. The van der Waals surface area contributed by atoms with Crippen LogP contribution in [0.5, 0.6) is 0 Å². The van der Waals surface area contributed by atoms with Gasteiger partial charge in [-0.3, -0.25) is 0 Å². The molecule has 0 radical (unpaired) electrons. The SMILES string of the molecule is CCCC1CNCCC1c1cccc(Cl)c1. The van der Waals surface area contributed by atoms with Crippen LogP contribution in [0.25, 0.3) is 0 Å². The monoisotopic (exact) mass is 237 g/mol. The molecule has 0 spiro atoms. The summed E-state index contributed by atoms with van der Waals surface area (Å²) in [5.41, 5.74) is 1.42. The van der Waals surface area contributed by atoms with Crippen LogP contribution < -0.4 is 5.32 Å². The molecule has 0 bridgehead atoms. The second kappa shape index (κ2) is 5.70. The van der Waals surface area contributed by atoms with Crippen LogP contribution >= 0.6 is 11.6 Å². The van der Waals surface area contributed by atoms with E-state index in [1.54, 1.807) is 0 Å². The fourth-order valence-electron chi connectivity index (χ4n) is 2.77. The third kappa shape index (κ3) is 2.78. The Morgan fingerprint density at radius 1 is 1.44 bits per heavy atom. The van der Waals surface area contributed by atoms with Crippen molar-refractivity contribution in [1.82, 2.24) is 5.32 Å². The van der Waals surface area contributed by atoms with Crippen molar-refractivity contribution in [1.29, 1.82) is 0 Å². The third-order valence-corrected chi connectivity index (χ3v) is 3.78. The molecular formula is C14H20ClN. The average Bonchev–Trinajstić information content (AvgIpc) is 2.30. The fourth-order valence-corrected chi connectivity index (χ4v) is 2.97. The van der Waals surface area contributed by atoms with E-state index in [0.717, 1.165) is 24.0 Å². The lowest BCUT2D eigenvalue weighted by atomic mass is 9.79. The third-order valence-electron chi connectivity index (χ3n) is 3.54. The molecule has 1 saturated heterocycles. The Labute approximate surface area is 103 Å². The second-order valence-corrected chi connectivity index (χ2v) is 5.14. The van der Waals surface area contributed by atoms with Gasteiger partial charge in [0.15, 0.2) is 0 Å². The largest absolute Gasteiger partial charge is 0.316 e. The Hall–Kier alpha value is -0.530. The minimum atomic E-state index is 0.694. The second-order valence-electron chi connectivity index (χ2n) is 4.70. The molecule has 88 valence electrons. The summed E-state index contributed by atoms with van der Waals surface area (Å²) in [4.78, 5) is 0. The summed E-state index contributed by atoms with van der Waals surface area (Å²) in [6, 6.07) is 8.40. The highest BCUT2D eigenvalue weighted by atomic mass is 35.5. The Morgan fingerprint density at radius 2 is 2.31 bits per heavy atom. The topological polar surface area (TPSA) is 12.0 Å². The molecule has 1 aliphatic rings. The van der Waals surface area contributed by atoms with Gasteiger partial charge in [-0.2, -0.15) is 0 Å². The quantitative estimate of drug-likeness (QED) is 0.843. The van der Waals surface area contributed by atoms with E-state index in [0.29, 0.717) is 5.92 Å². The summed E-state index contributed by atoms with van der Waals surface area (Å²) < 4.78 is 0. The number of benzene rings is 1. The van der Waals surface area contributed by atoms with E-state index >= 15 is 0 Å². The van der Waals surface area contributed by atoms with Crippen molar-refractivity contribution in [2.45, 2.75) is 32.1 Å². The van der Waals surface area contributed by atoms with Gasteiger partial charge < -0.3 is 5.32 Å². The van der Waals surface area contributed by atoms with Gasteiger partial charge in [-0.15, -0.1) is 0 Å². The van der Waals surface area contributed by atoms with Crippen molar-refractivity contribution in [3.63, 3.8) is 0 Å². The van der Waals surface area contributed by atoms with Gasteiger partial charge in [0.05, 0.1) is 0 Å². The molecule has 0 saturated carbocycles. The summed E-state index contributed by atoms with van der Waals surface area (Å²) in [5.74, 6) is 1.47. The first-order valence-corrected chi connectivity index (χ1v) is 6.65. The maximum absolute atomic E-state index is 6.07. The van der Waals surface area contributed by atoms with Crippen LogP contribution in [-0.4, -0.2) is 13.1 Å². The van der Waals surface area contributed by atoms with E-state index < -0.39 is 0 Å². The van der Waals surface area contributed by atoms with Crippen molar-refractivity contribution < 1.29 is 0 Å². The van der Waals surface area contributed by atoms with Crippen LogP contribution in [0, 0.1) is 5.92 Å². The highest BCUT2D eigenvalue weighted by molar-refractivity contribution is 6.30. The van der Waals surface area contributed by atoms with Crippen LogP contribution in [0.4, 0.5) is 0 Å². The van der Waals surface area contributed by atoms with Crippen molar-refractivity contribution in [2.24, 2.45) is 5.92 Å². The molecule has 2 unspecified atom stereocenters. The molecule has 2 heteroatoms. The molecule has 16 heavy (non-hydrogen) atoms. The maximum Gasteiger partial charge on any atom is 0.0408 e. The summed E-state index contributed by atoms with van der Waals surface area (Å²) in [5, 5.41) is 4.37. The Balaban J connectivity index is 2.16. The molecular weight excluding hydrogens is 218 g/mol. The number of nitrogens with one attached hydrogen (secondary N) is 1. The van der Waals surface area contributed by atoms with Crippen LogP contribution in [0.3, 0.4) is 0 Å². The molecule has 1 aromatic rings. The van der Waals surface area contributed by atoms with E-state index in [1.165, 1.54) is 24.8 Å². The molecule has 2 rings (SSSR count). The number of halogens is 1. The van der Waals surface area contributed by atoms with E-state index in [4.69, 9.17) is 11.6 Å². The Bertz CT molecular complexity index is 335. The lowest BCUT2D eigenvalue weighted by Crippen LogP contribution is -2.35. The molecule has 2 atom stereocenters. The normalized spacial score (nSPS) is 25.6. The van der Waals surface area contributed by atoms with E-state index in [2.05, 4.69) is 30.4 Å². The molecule has 0 amide bonds. The van der Waals surface area contributed by atoms with Crippen molar-refractivity contribution in [2.75, 3.05) is 13.1 Å². The van der Waals surface area contributed by atoms with Gasteiger partial charge >= 0.3 is 0 Å². The molecule has 1 nitrogen and oxygen atoms in total. The molecule has 1 N–H and O–H groups in total. The molecule has 1 fully saturated rings. The first kappa shape index (κ1) is 11.9. The van der Waals surface area contributed by atoms with Gasteiger partial charge in [0, 0.05) is 5.02 Å². The zero-order chi connectivity index (χ0) is 11.4. The van der Waals surface area contributed by atoms with Crippen molar-refractivity contribution >= 4 is 11.6 Å². The standard InChI is InChI=1S/C14H20ClN/c1-2-4-12-10-16-8-7-14(12)11-5-3-6-13(15)9-11/h3,5-6,9,12,14,16H,2,4,7-8,10H2,1H3. The molecule has 1 heterocycles. The number of hydrogen-bond acceptors (Lipinski definition) is 1. The zero-order valence-corrected chi connectivity index (χ0v) is 10.6. The maximum atomic E-state index is 6.07. The van der Waals surface area contributed by atoms with E-state index in [1.807, 2.05) is 6.07 Å². The smallest absolute Gasteiger partial charge is 0.0408 e. The average molecular weight is 238 g/mol. The molecule has 0 aliphatic carbocycles. The highest BCUT2D eigenvalue weighted by Crippen LogP contribution is 2.33. The minimum Gasteiger partial charge on any atom is -0.316 e. The van der Waals surface area contributed by atoms with Gasteiger partial charge in [-0.25, -0.2) is 0 Å². The van der Waals surface area contributed by atoms with Crippen LogP contribution in [0.15, 0.2) is 24.3 Å². The van der Waals surface area contributed by atoms with Gasteiger partial charge in [-0.1, -0.05) is 37.1 Å². The van der Waals surface area contributed by atoms with Crippen LogP contribution in [0.2, 0.25) is 5.02 Å². The van der Waals surface area contributed by atoms with E-state index in [-0.39, 0.29) is 0 Å². The summed E-state index contributed by atoms with van der Waals surface area (Å²) >= 11 is 6.07. The lowest BCUT2D eigenvalue weighted by molar-refractivity contribution is 0.307. The summed E-state index contributed by atoms with van der Waals surface area (Å²) in [6.07, 6.45) is 3.82. The van der Waals surface area contributed by atoms with Gasteiger partial charge in [0.25, 0.3) is 0 Å². The number of piperidine rings is 1. The predicted octanol–water partition coefficient (Wildman–Crippen LogP) is 3.83. The van der Waals surface area contributed by atoms with Crippen LogP contribution in [0.1, 0.15) is 37.7 Å². The van der Waals surface area contributed by atoms with Crippen LogP contribution in [-0.2, 0) is 0 Å². The molecule has 0 aromatic heterocycles. The summed E-state index contributed by atoms with van der Waals surface area (Å²) in [7, 11) is 0.